The number of nitrogens with zero attached hydrogens (tertiary/aromatic N) is 2. The van der Waals surface area contributed by atoms with Crippen molar-refractivity contribution in [2.24, 2.45) is 4.99 Å². The van der Waals surface area contributed by atoms with Gasteiger partial charge in [0.2, 0.25) is 5.91 Å². The summed E-state index contributed by atoms with van der Waals surface area (Å²) in [6.07, 6.45) is 1.64. The molecule has 2 aromatic carbocycles. The number of hydrogen-bond acceptors (Lipinski definition) is 3. The van der Waals surface area contributed by atoms with Gasteiger partial charge in [-0.2, -0.15) is 0 Å². The monoisotopic (exact) mass is 380 g/mol. The lowest BCUT2D eigenvalue weighted by Crippen LogP contribution is -2.36. The van der Waals surface area contributed by atoms with E-state index in [9.17, 15) is 4.79 Å². The summed E-state index contributed by atoms with van der Waals surface area (Å²) in [4.78, 5) is 18.1. The van der Waals surface area contributed by atoms with Crippen LogP contribution in [0.1, 0.15) is 29.5 Å². The molecule has 148 valence electrons. The molecule has 1 fully saturated rings. The van der Waals surface area contributed by atoms with Crippen molar-refractivity contribution in [2.45, 2.75) is 32.5 Å². The summed E-state index contributed by atoms with van der Waals surface area (Å²) >= 11 is 0. The molecule has 1 aliphatic rings. The van der Waals surface area contributed by atoms with Crippen LogP contribution in [0, 0.1) is 0 Å². The highest BCUT2D eigenvalue weighted by Gasteiger charge is 2.19. The molecule has 1 heterocycles. The van der Waals surface area contributed by atoms with Gasteiger partial charge in [0, 0.05) is 45.2 Å². The standard InChI is InChI=1S/C22H28N4O2/c1-23-22(25-15-19-9-3-4-10-20(19)28-2)24-14-17-7-5-8-18(13-17)16-26-12-6-11-21(26)27/h3-5,7-10,13H,6,11-12,14-16H2,1-2H3,(H2,23,24,25). The molecule has 3 rings (SSSR count). The van der Waals surface area contributed by atoms with E-state index in [4.69, 9.17) is 4.74 Å². The van der Waals surface area contributed by atoms with E-state index in [2.05, 4.69) is 33.8 Å². The van der Waals surface area contributed by atoms with Crippen molar-refractivity contribution in [3.63, 3.8) is 0 Å². The van der Waals surface area contributed by atoms with E-state index < -0.39 is 0 Å². The van der Waals surface area contributed by atoms with Crippen molar-refractivity contribution in [1.29, 1.82) is 0 Å². The lowest BCUT2D eigenvalue weighted by atomic mass is 10.1. The van der Waals surface area contributed by atoms with Gasteiger partial charge in [-0.3, -0.25) is 9.79 Å². The first-order valence-corrected chi connectivity index (χ1v) is 9.61. The molecular formula is C22H28N4O2. The normalized spacial score (nSPS) is 14.3. The van der Waals surface area contributed by atoms with E-state index in [1.807, 2.05) is 35.2 Å². The van der Waals surface area contributed by atoms with Crippen molar-refractivity contribution in [3.8, 4) is 5.75 Å². The smallest absolute Gasteiger partial charge is 0.222 e. The van der Waals surface area contributed by atoms with E-state index in [1.165, 1.54) is 0 Å². The molecule has 1 aliphatic heterocycles. The molecule has 0 aromatic heterocycles. The second kappa shape index (κ2) is 9.78. The van der Waals surface area contributed by atoms with Crippen molar-refractivity contribution >= 4 is 11.9 Å². The summed E-state index contributed by atoms with van der Waals surface area (Å²) in [5.74, 6) is 1.84. The van der Waals surface area contributed by atoms with Crippen LogP contribution in [0.15, 0.2) is 53.5 Å². The lowest BCUT2D eigenvalue weighted by molar-refractivity contribution is -0.128. The number of guanidine groups is 1. The molecule has 0 aliphatic carbocycles. The molecule has 1 saturated heterocycles. The van der Waals surface area contributed by atoms with Crippen molar-refractivity contribution in [3.05, 3.63) is 65.2 Å². The summed E-state index contributed by atoms with van der Waals surface area (Å²) in [6, 6.07) is 16.3. The van der Waals surface area contributed by atoms with Gasteiger partial charge in [-0.15, -0.1) is 0 Å². The van der Waals surface area contributed by atoms with Gasteiger partial charge in [0.05, 0.1) is 7.11 Å². The molecule has 0 bridgehead atoms. The summed E-state index contributed by atoms with van der Waals surface area (Å²) in [6.45, 7) is 2.84. The highest BCUT2D eigenvalue weighted by molar-refractivity contribution is 5.79. The van der Waals surface area contributed by atoms with Crippen LogP contribution < -0.4 is 15.4 Å². The quantitative estimate of drug-likeness (QED) is 0.573. The average molecular weight is 380 g/mol. The Kier molecular flexibility index (Phi) is 6.89. The highest BCUT2D eigenvalue weighted by Crippen LogP contribution is 2.17. The molecule has 28 heavy (non-hydrogen) atoms. The molecule has 0 unspecified atom stereocenters. The molecule has 0 spiro atoms. The molecule has 0 saturated carbocycles. The minimum Gasteiger partial charge on any atom is -0.496 e. The Morgan fingerprint density at radius 1 is 1.11 bits per heavy atom. The van der Waals surface area contributed by atoms with Gasteiger partial charge >= 0.3 is 0 Å². The zero-order chi connectivity index (χ0) is 19.8. The predicted octanol–water partition coefficient (Wildman–Crippen LogP) is 2.68. The molecule has 0 atom stereocenters. The number of methoxy groups -OCH3 is 1. The van der Waals surface area contributed by atoms with Gasteiger partial charge in [-0.25, -0.2) is 0 Å². The van der Waals surface area contributed by atoms with Gasteiger partial charge < -0.3 is 20.3 Å². The maximum Gasteiger partial charge on any atom is 0.222 e. The first-order valence-electron chi connectivity index (χ1n) is 9.61. The van der Waals surface area contributed by atoms with Gasteiger partial charge in [-0.1, -0.05) is 42.5 Å². The molecule has 6 nitrogen and oxygen atoms in total. The number of amides is 1. The van der Waals surface area contributed by atoms with Gasteiger partial charge in [0.1, 0.15) is 5.75 Å². The number of hydrogen-bond donors (Lipinski definition) is 2. The Balaban J connectivity index is 1.53. The van der Waals surface area contributed by atoms with Crippen LogP contribution in [0.2, 0.25) is 0 Å². The molecule has 1 amide bonds. The van der Waals surface area contributed by atoms with E-state index in [0.29, 0.717) is 26.1 Å². The number of rotatable bonds is 7. The summed E-state index contributed by atoms with van der Waals surface area (Å²) in [5, 5.41) is 6.66. The largest absolute Gasteiger partial charge is 0.496 e. The second-order valence-corrected chi connectivity index (χ2v) is 6.83. The third kappa shape index (κ3) is 5.25. The fourth-order valence-electron chi connectivity index (χ4n) is 3.36. The van der Waals surface area contributed by atoms with Gasteiger partial charge in [-0.05, 0) is 23.6 Å². The Hall–Kier alpha value is -3.02. The lowest BCUT2D eigenvalue weighted by Gasteiger charge is -2.17. The molecular weight excluding hydrogens is 352 g/mol. The van der Waals surface area contributed by atoms with E-state index in [-0.39, 0.29) is 5.91 Å². The Bertz CT molecular complexity index is 835. The molecule has 6 heteroatoms. The molecule has 2 aromatic rings. The van der Waals surface area contributed by atoms with Crippen molar-refractivity contribution in [1.82, 2.24) is 15.5 Å². The van der Waals surface area contributed by atoms with Crippen LogP contribution in [-0.4, -0.2) is 37.5 Å². The molecule has 2 N–H and O–H groups in total. The van der Waals surface area contributed by atoms with Crippen LogP contribution in [0.25, 0.3) is 0 Å². The van der Waals surface area contributed by atoms with E-state index in [1.54, 1.807) is 14.2 Å². The number of para-hydroxylation sites is 1. The zero-order valence-corrected chi connectivity index (χ0v) is 16.6. The van der Waals surface area contributed by atoms with E-state index >= 15 is 0 Å². The van der Waals surface area contributed by atoms with E-state index in [0.717, 1.165) is 41.4 Å². The zero-order valence-electron chi connectivity index (χ0n) is 16.6. The second-order valence-electron chi connectivity index (χ2n) is 6.83. The fraction of sp³-hybridized carbons (Fsp3) is 0.364. The summed E-state index contributed by atoms with van der Waals surface area (Å²) < 4.78 is 5.39. The minimum absolute atomic E-state index is 0.254. The number of aliphatic imine (C=N–C) groups is 1. The maximum atomic E-state index is 11.8. The molecule has 0 radical (unpaired) electrons. The SMILES string of the molecule is CN=C(NCc1cccc(CN2CCCC2=O)c1)NCc1ccccc1OC. The first kappa shape index (κ1) is 19.7. The van der Waals surface area contributed by atoms with Crippen molar-refractivity contribution < 1.29 is 9.53 Å². The number of likely N-dealkylation sites (tertiary alicyclic amines) is 1. The number of benzene rings is 2. The predicted molar refractivity (Wildman–Crippen MR) is 111 cm³/mol. The van der Waals surface area contributed by atoms with Gasteiger partial charge in [0.25, 0.3) is 0 Å². The topological polar surface area (TPSA) is 66.0 Å². The van der Waals surface area contributed by atoms with Gasteiger partial charge in [0.15, 0.2) is 5.96 Å². The Labute approximate surface area is 166 Å². The number of ether oxygens (including phenoxy) is 1. The third-order valence-corrected chi connectivity index (χ3v) is 4.86. The average Bonchev–Trinajstić information content (AvgIpc) is 3.13. The first-order chi connectivity index (χ1) is 13.7. The summed E-state index contributed by atoms with van der Waals surface area (Å²) in [7, 11) is 3.43. The van der Waals surface area contributed by atoms with Crippen molar-refractivity contribution in [2.75, 3.05) is 20.7 Å². The van der Waals surface area contributed by atoms with Crippen LogP contribution in [0.4, 0.5) is 0 Å². The number of carbonyl (C=O) groups excluding carboxylic acids is 1. The van der Waals surface area contributed by atoms with Crippen LogP contribution in [0.3, 0.4) is 0 Å². The number of carbonyl (C=O) groups is 1. The van der Waals surface area contributed by atoms with Crippen LogP contribution in [-0.2, 0) is 24.4 Å². The Morgan fingerprint density at radius 3 is 2.64 bits per heavy atom. The summed E-state index contributed by atoms with van der Waals surface area (Å²) in [5.41, 5.74) is 3.39. The minimum atomic E-state index is 0.254. The number of nitrogens with one attached hydrogen (secondary N) is 2. The van der Waals surface area contributed by atoms with Crippen LogP contribution >= 0.6 is 0 Å². The third-order valence-electron chi connectivity index (χ3n) is 4.86. The fourth-order valence-corrected chi connectivity index (χ4v) is 3.36. The highest BCUT2D eigenvalue weighted by atomic mass is 16.5. The maximum absolute atomic E-state index is 11.8. The Morgan fingerprint density at radius 2 is 1.89 bits per heavy atom. The van der Waals surface area contributed by atoms with Crippen LogP contribution in [0.5, 0.6) is 5.75 Å².